The van der Waals surface area contributed by atoms with Crippen molar-refractivity contribution in [1.82, 2.24) is 5.32 Å². The van der Waals surface area contributed by atoms with Crippen LogP contribution in [-0.4, -0.2) is 41.6 Å². The average molecular weight is 435 g/mol. The number of hydrogen-bond donors (Lipinski definition) is 3. The first-order chi connectivity index (χ1) is 14.3. The van der Waals surface area contributed by atoms with Crippen LogP contribution in [0.2, 0.25) is 5.02 Å². The van der Waals surface area contributed by atoms with E-state index in [2.05, 4.69) is 17.5 Å². The van der Waals surface area contributed by atoms with Crippen molar-refractivity contribution in [2.24, 2.45) is 5.73 Å². The van der Waals surface area contributed by atoms with E-state index in [1.54, 1.807) is 6.92 Å². The molecule has 2 unspecified atom stereocenters. The number of carbonyl (C=O) groups is 3. The summed E-state index contributed by atoms with van der Waals surface area (Å²) in [5, 5.41) is 13.1. The summed E-state index contributed by atoms with van der Waals surface area (Å²) in [6.45, 7) is 1.93. The van der Waals surface area contributed by atoms with Crippen LogP contribution in [0.3, 0.4) is 0 Å². The molecule has 30 heavy (non-hydrogen) atoms. The van der Waals surface area contributed by atoms with Gasteiger partial charge < -0.3 is 20.9 Å². The molecule has 3 atom stereocenters. The first kappa shape index (κ1) is 23.6. The average Bonchev–Trinajstić information content (AvgIpc) is 2.68. The Kier molecular flexibility index (Phi) is 9.08. The number of ether oxygens (including phenoxy) is 1. The van der Waals surface area contributed by atoms with Crippen LogP contribution in [-0.2, 0) is 19.1 Å². The fourth-order valence-electron chi connectivity index (χ4n) is 3.26. The van der Waals surface area contributed by atoms with Gasteiger partial charge in [0.25, 0.3) is 0 Å². The Morgan fingerprint density at radius 3 is 2.70 bits per heavy atom. The van der Waals surface area contributed by atoms with Crippen LogP contribution in [0.5, 0.6) is 0 Å². The summed E-state index contributed by atoms with van der Waals surface area (Å²) in [4.78, 5) is 35.0. The van der Waals surface area contributed by atoms with E-state index in [0.717, 1.165) is 17.6 Å². The van der Waals surface area contributed by atoms with Crippen LogP contribution in [0.15, 0.2) is 48.1 Å². The number of carbonyl (C=O) groups excluding carboxylic acids is 3. The number of aliphatic hydroxyl groups excluding tert-OH is 1. The van der Waals surface area contributed by atoms with Gasteiger partial charge in [0.05, 0.1) is 19.4 Å². The first-order valence-corrected chi connectivity index (χ1v) is 10.2. The zero-order valence-electron chi connectivity index (χ0n) is 16.8. The van der Waals surface area contributed by atoms with E-state index in [1.165, 1.54) is 0 Å². The van der Waals surface area contributed by atoms with E-state index in [0.29, 0.717) is 11.4 Å². The lowest BCUT2D eigenvalue weighted by molar-refractivity contribution is -0.144. The highest BCUT2D eigenvalue weighted by Crippen LogP contribution is 2.29. The molecule has 2 rings (SSSR count). The highest BCUT2D eigenvalue weighted by Gasteiger charge is 2.24. The molecular weight excluding hydrogens is 408 g/mol. The maximum absolute atomic E-state index is 12.2. The molecule has 0 radical (unpaired) electrons. The van der Waals surface area contributed by atoms with E-state index in [-0.39, 0.29) is 18.9 Å². The number of benzene rings is 1. The number of nitrogens with two attached hydrogens (primary N) is 1. The van der Waals surface area contributed by atoms with Gasteiger partial charge in [-0.25, -0.2) is 0 Å². The lowest BCUT2D eigenvalue weighted by Crippen LogP contribution is -2.44. The third-order valence-electron chi connectivity index (χ3n) is 4.70. The van der Waals surface area contributed by atoms with Crippen LogP contribution >= 0.6 is 11.6 Å². The molecule has 1 aromatic carbocycles. The van der Waals surface area contributed by atoms with Gasteiger partial charge in [-0.3, -0.25) is 14.4 Å². The molecule has 0 saturated heterocycles. The SMILES string of the molecule is CCOC(=O)C[C@@H](CC1=CCC(c2cccc(Cl)c2)C=C1)NC(=O)C(O)CC(N)=O. The van der Waals surface area contributed by atoms with Crippen molar-refractivity contribution in [3.05, 3.63) is 58.7 Å². The minimum Gasteiger partial charge on any atom is -0.466 e. The molecule has 8 heteroatoms. The minimum absolute atomic E-state index is 0.0498. The van der Waals surface area contributed by atoms with E-state index < -0.39 is 36.4 Å². The predicted molar refractivity (Wildman–Crippen MR) is 114 cm³/mol. The number of esters is 1. The molecule has 1 aliphatic rings. The normalized spacial score (nSPS) is 17.6. The Hall–Kier alpha value is -2.64. The van der Waals surface area contributed by atoms with Crippen molar-refractivity contribution in [3.63, 3.8) is 0 Å². The third-order valence-corrected chi connectivity index (χ3v) is 4.93. The second kappa shape index (κ2) is 11.5. The smallest absolute Gasteiger partial charge is 0.307 e. The Morgan fingerprint density at radius 1 is 1.33 bits per heavy atom. The number of rotatable bonds is 10. The van der Waals surface area contributed by atoms with E-state index >= 15 is 0 Å². The standard InChI is InChI=1S/C22H27ClN2O5/c1-2-30-21(28)12-18(25-22(29)19(26)13-20(24)27)10-14-6-8-15(9-7-14)16-4-3-5-17(23)11-16/h3-8,11,15,18-19,26H,2,9-10,12-13H2,1H3,(H2,24,27)(H,25,29)/t15?,18-,19?/m1/s1. The number of halogens is 1. The number of hydrogen-bond acceptors (Lipinski definition) is 5. The Bertz CT molecular complexity index is 837. The fraction of sp³-hybridized carbons (Fsp3) is 0.409. The summed E-state index contributed by atoms with van der Waals surface area (Å²) in [5.41, 5.74) is 7.08. The van der Waals surface area contributed by atoms with Gasteiger partial charge in [0, 0.05) is 17.0 Å². The molecule has 1 aromatic rings. The van der Waals surface area contributed by atoms with Gasteiger partial charge in [-0.05, 0) is 37.5 Å². The monoisotopic (exact) mass is 434 g/mol. The molecule has 4 N–H and O–H groups in total. The molecule has 2 amide bonds. The molecule has 0 heterocycles. The Labute approximate surface area is 180 Å². The summed E-state index contributed by atoms with van der Waals surface area (Å²) in [6.07, 6.45) is 5.12. The molecule has 0 fully saturated rings. The van der Waals surface area contributed by atoms with Crippen molar-refractivity contribution >= 4 is 29.4 Å². The van der Waals surface area contributed by atoms with Gasteiger partial charge >= 0.3 is 5.97 Å². The fourth-order valence-corrected chi connectivity index (χ4v) is 3.46. The summed E-state index contributed by atoms with van der Waals surface area (Å²) >= 11 is 6.07. The maximum Gasteiger partial charge on any atom is 0.307 e. The number of aliphatic hydroxyl groups is 1. The van der Waals surface area contributed by atoms with Gasteiger partial charge in [-0.2, -0.15) is 0 Å². The maximum atomic E-state index is 12.2. The largest absolute Gasteiger partial charge is 0.466 e. The van der Waals surface area contributed by atoms with Crippen molar-refractivity contribution in [1.29, 1.82) is 0 Å². The third kappa shape index (κ3) is 7.65. The van der Waals surface area contributed by atoms with Crippen LogP contribution in [0, 0.1) is 0 Å². The summed E-state index contributed by atoms with van der Waals surface area (Å²) in [7, 11) is 0. The Balaban J connectivity index is 2.02. The molecule has 0 aliphatic heterocycles. The quantitative estimate of drug-likeness (QED) is 0.488. The summed E-state index contributed by atoms with van der Waals surface area (Å²) in [5.74, 6) is -1.79. The highest BCUT2D eigenvalue weighted by molar-refractivity contribution is 6.30. The van der Waals surface area contributed by atoms with Crippen LogP contribution in [0.1, 0.15) is 44.1 Å². The zero-order chi connectivity index (χ0) is 22.1. The molecular formula is C22H27ClN2O5. The number of nitrogens with one attached hydrogen (secondary N) is 1. The zero-order valence-corrected chi connectivity index (χ0v) is 17.6. The molecule has 7 nitrogen and oxygen atoms in total. The van der Waals surface area contributed by atoms with Crippen molar-refractivity contribution in [2.45, 2.75) is 50.7 Å². The predicted octanol–water partition coefficient (Wildman–Crippen LogP) is 2.37. The van der Waals surface area contributed by atoms with Gasteiger partial charge in [0.15, 0.2) is 0 Å². The lowest BCUT2D eigenvalue weighted by Gasteiger charge is -2.22. The van der Waals surface area contributed by atoms with E-state index in [9.17, 15) is 19.5 Å². The minimum atomic E-state index is -1.56. The number of allylic oxidation sites excluding steroid dienone is 3. The molecule has 162 valence electrons. The van der Waals surface area contributed by atoms with E-state index in [4.69, 9.17) is 22.1 Å². The van der Waals surface area contributed by atoms with Gasteiger partial charge in [-0.15, -0.1) is 0 Å². The molecule has 0 spiro atoms. The van der Waals surface area contributed by atoms with Crippen molar-refractivity contribution in [3.8, 4) is 0 Å². The number of primary amides is 1. The van der Waals surface area contributed by atoms with E-state index in [1.807, 2.05) is 30.3 Å². The Morgan fingerprint density at radius 2 is 2.10 bits per heavy atom. The second-order valence-electron chi connectivity index (χ2n) is 7.14. The van der Waals surface area contributed by atoms with Gasteiger partial charge in [-0.1, -0.05) is 47.5 Å². The highest BCUT2D eigenvalue weighted by atomic mass is 35.5. The number of amides is 2. The van der Waals surface area contributed by atoms with Crippen LogP contribution in [0.25, 0.3) is 0 Å². The molecule has 0 bridgehead atoms. The first-order valence-electron chi connectivity index (χ1n) is 9.83. The van der Waals surface area contributed by atoms with Crippen molar-refractivity contribution in [2.75, 3.05) is 6.61 Å². The molecule has 0 saturated carbocycles. The second-order valence-corrected chi connectivity index (χ2v) is 7.58. The topological polar surface area (TPSA) is 119 Å². The molecule has 1 aliphatic carbocycles. The summed E-state index contributed by atoms with van der Waals surface area (Å²) in [6, 6.07) is 7.10. The van der Waals surface area contributed by atoms with Crippen LogP contribution < -0.4 is 11.1 Å². The van der Waals surface area contributed by atoms with Crippen molar-refractivity contribution < 1.29 is 24.2 Å². The molecule has 0 aromatic heterocycles. The van der Waals surface area contributed by atoms with Gasteiger partial charge in [0.1, 0.15) is 6.10 Å². The lowest BCUT2D eigenvalue weighted by atomic mass is 9.88. The van der Waals surface area contributed by atoms with Crippen LogP contribution in [0.4, 0.5) is 0 Å². The van der Waals surface area contributed by atoms with Gasteiger partial charge in [0.2, 0.25) is 11.8 Å². The summed E-state index contributed by atoms with van der Waals surface area (Å²) < 4.78 is 4.98.